The van der Waals surface area contributed by atoms with Gasteiger partial charge in [0.2, 0.25) is 0 Å². The molecule has 0 atom stereocenters. The molecule has 0 saturated heterocycles. The number of hydrogen-bond donors (Lipinski definition) is 0. The van der Waals surface area contributed by atoms with E-state index in [1.165, 1.54) is 63.5 Å². The third-order valence-electron chi connectivity index (χ3n) is 7.09. The fourth-order valence-electron chi connectivity index (χ4n) is 5.09. The Bertz CT molecular complexity index is 795. The fourth-order valence-corrected chi connectivity index (χ4v) is 25.7. The third kappa shape index (κ3) is 5.90. The molecule has 5 heteroatoms. The molecule has 0 amide bonds. The third-order valence-corrected chi connectivity index (χ3v) is 34.0. The normalized spacial score (nSPS) is 15.4. The summed E-state index contributed by atoms with van der Waals surface area (Å²) in [5.74, 6) is 0. The van der Waals surface area contributed by atoms with Crippen molar-refractivity contribution in [3.05, 3.63) is 12.1 Å². The van der Waals surface area contributed by atoms with Crippen LogP contribution in [0.25, 0.3) is 9.75 Å². The predicted octanol–water partition coefficient (Wildman–Crippen LogP) is 7.60. The van der Waals surface area contributed by atoms with Gasteiger partial charge >= 0.3 is 212 Å². The molecule has 1 aliphatic rings. The first-order chi connectivity index (χ1) is 14.5. The molecular formula is C26H46S2SiSn2. The zero-order valence-electron chi connectivity index (χ0n) is 21.5. The van der Waals surface area contributed by atoms with E-state index in [1.54, 1.807) is 9.75 Å². The average Bonchev–Trinajstić information content (AvgIpc) is 3.35. The van der Waals surface area contributed by atoms with Crippen LogP contribution in [0.2, 0.25) is 41.7 Å². The van der Waals surface area contributed by atoms with Gasteiger partial charge in [-0.3, -0.25) is 0 Å². The maximum absolute atomic E-state index is 2.80. The Balaban J connectivity index is 2.10. The molecule has 0 aliphatic carbocycles. The van der Waals surface area contributed by atoms with Crippen LogP contribution in [0.4, 0.5) is 0 Å². The van der Waals surface area contributed by atoms with E-state index in [1.807, 2.05) is 16.2 Å². The number of fused-ring (bicyclic) bond motifs is 3. The molecule has 2 aromatic rings. The van der Waals surface area contributed by atoms with E-state index in [2.05, 4.69) is 78.3 Å². The number of unbranched alkanes of at least 4 members (excludes halogenated alkanes) is 6. The standard InChI is InChI=1S/C20H28S2Si.6CH3.2Sn/c1-3-5-7-9-15-23(16-10-8-6-4-2)17-11-13-21-19(17)20-18(23)12-14-22-20;;;;;;;;/h11-12H,3-10,15-16H2,1-2H3;6*1H3;;. The van der Waals surface area contributed by atoms with Crippen molar-refractivity contribution in [2.24, 2.45) is 0 Å². The molecule has 2 aromatic heterocycles. The second kappa shape index (κ2) is 10.9. The van der Waals surface area contributed by atoms with Gasteiger partial charge in [0.15, 0.2) is 0 Å². The van der Waals surface area contributed by atoms with Gasteiger partial charge < -0.3 is 0 Å². The molecule has 0 aromatic carbocycles. The van der Waals surface area contributed by atoms with Crippen LogP contribution < -0.4 is 16.2 Å². The Morgan fingerprint density at radius 2 is 1.00 bits per heavy atom. The molecule has 1 aliphatic heterocycles. The molecule has 0 nitrogen and oxygen atoms in total. The molecule has 31 heavy (non-hydrogen) atoms. The molecule has 0 unspecified atom stereocenters. The summed E-state index contributed by atoms with van der Waals surface area (Å²) in [4.78, 5) is 19.2. The van der Waals surface area contributed by atoms with Gasteiger partial charge in [0.1, 0.15) is 0 Å². The van der Waals surface area contributed by atoms with E-state index >= 15 is 0 Å². The zero-order chi connectivity index (χ0) is 22.9. The molecule has 3 rings (SSSR count). The van der Waals surface area contributed by atoms with Crippen molar-refractivity contribution < 1.29 is 0 Å². The van der Waals surface area contributed by atoms with Crippen molar-refractivity contribution in [2.75, 3.05) is 0 Å². The number of thiophene rings is 2. The molecule has 0 fully saturated rings. The average molecular weight is 688 g/mol. The zero-order valence-corrected chi connectivity index (χ0v) is 29.9. The molecular weight excluding hydrogens is 642 g/mol. The van der Waals surface area contributed by atoms with Gasteiger partial charge in [-0.2, -0.15) is 0 Å². The fraction of sp³-hybridized carbons (Fsp3) is 0.692. The Morgan fingerprint density at radius 3 is 1.32 bits per heavy atom. The van der Waals surface area contributed by atoms with E-state index in [-0.39, 0.29) is 0 Å². The van der Waals surface area contributed by atoms with Crippen molar-refractivity contribution in [3.8, 4) is 9.75 Å². The maximum atomic E-state index is 2.80. The Labute approximate surface area is 210 Å². The molecule has 3 heterocycles. The van der Waals surface area contributed by atoms with Crippen molar-refractivity contribution in [3.63, 3.8) is 0 Å². The summed E-state index contributed by atoms with van der Waals surface area (Å²) < 4.78 is 3.66. The van der Waals surface area contributed by atoms with Crippen LogP contribution in [0.5, 0.6) is 0 Å². The van der Waals surface area contributed by atoms with Crippen LogP contribution in [0.3, 0.4) is 0 Å². The summed E-state index contributed by atoms with van der Waals surface area (Å²) in [6, 6.07) is 8.64. The summed E-state index contributed by atoms with van der Waals surface area (Å²) >= 11 is 0.383. The topological polar surface area (TPSA) is 0 Å². The number of rotatable bonds is 12. The monoisotopic (exact) mass is 690 g/mol. The molecule has 0 bridgehead atoms. The Morgan fingerprint density at radius 1 is 0.613 bits per heavy atom. The first kappa shape index (κ1) is 26.8. The molecule has 0 N–H and O–H groups in total. The quantitative estimate of drug-likeness (QED) is 0.159. The van der Waals surface area contributed by atoms with Crippen LogP contribution in [-0.2, 0) is 0 Å². The number of hydrogen-bond acceptors (Lipinski definition) is 2. The van der Waals surface area contributed by atoms with Gasteiger partial charge in [-0.15, -0.1) is 0 Å². The van der Waals surface area contributed by atoms with Gasteiger partial charge in [-0.1, -0.05) is 0 Å². The first-order valence-corrected chi connectivity index (χ1v) is 36.9. The van der Waals surface area contributed by atoms with Crippen LogP contribution in [0, 0.1) is 0 Å². The summed E-state index contributed by atoms with van der Waals surface area (Å²) in [5.41, 5.74) is 0. The second-order valence-corrected chi connectivity index (χ2v) is 49.1. The van der Waals surface area contributed by atoms with Gasteiger partial charge in [0.05, 0.1) is 0 Å². The van der Waals surface area contributed by atoms with Crippen LogP contribution in [0.15, 0.2) is 12.1 Å². The summed E-state index contributed by atoms with van der Waals surface area (Å²) in [6.45, 7) is 4.71. The van der Waals surface area contributed by atoms with E-state index < -0.39 is 44.8 Å². The van der Waals surface area contributed by atoms with E-state index in [9.17, 15) is 0 Å². The van der Waals surface area contributed by atoms with Gasteiger partial charge in [0.25, 0.3) is 0 Å². The first-order valence-electron chi connectivity index (χ1n) is 12.8. The second-order valence-electron chi connectivity index (χ2n) is 11.9. The van der Waals surface area contributed by atoms with Gasteiger partial charge in [-0.05, 0) is 0 Å². The van der Waals surface area contributed by atoms with Gasteiger partial charge in [-0.25, -0.2) is 0 Å². The predicted molar refractivity (Wildman–Crippen MR) is 157 cm³/mol. The molecule has 0 radical (unpaired) electrons. The molecule has 174 valence electrons. The van der Waals surface area contributed by atoms with Crippen LogP contribution >= 0.6 is 22.7 Å². The van der Waals surface area contributed by atoms with Crippen molar-refractivity contribution in [2.45, 2.75) is 107 Å². The van der Waals surface area contributed by atoms with Crippen molar-refractivity contribution >= 4 is 83.7 Å². The molecule has 0 saturated carbocycles. The van der Waals surface area contributed by atoms with E-state index in [4.69, 9.17) is 0 Å². The minimum atomic E-state index is -2.06. The van der Waals surface area contributed by atoms with E-state index in [0.717, 1.165) is 0 Å². The Hall–Kier alpha value is 1.21. The van der Waals surface area contributed by atoms with Crippen molar-refractivity contribution in [1.29, 1.82) is 0 Å². The van der Waals surface area contributed by atoms with Crippen LogP contribution in [0.1, 0.15) is 65.2 Å². The van der Waals surface area contributed by atoms with E-state index in [0.29, 0.717) is 0 Å². The summed E-state index contributed by atoms with van der Waals surface area (Å²) in [7, 11) is -1.60. The SMILES string of the molecule is CCCCCC[Si]1(CCCCCC)c2c[c]([Sn]([CH3])([CH3])[CH3])sc2-c2s[c]([Sn]([CH3])([CH3])[CH3])cc21. The minimum absolute atomic E-state index is 1.35. The summed E-state index contributed by atoms with van der Waals surface area (Å²) in [5, 5.41) is 3.81. The van der Waals surface area contributed by atoms with Gasteiger partial charge in [0, 0.05) is 0 Å². The molecule has 0 spiro atoms. The van der Waals surface area contributed by atoms with Crippen molar-refractivity contribution in [1.82, 2.24) is 0 Å². The summed E-state index contributed by atoms with van der Waals surface area (Å²) in [6.07, 6.45) is 11.3. The van der Waals surface area contributed by atoms with Crippen LogP contribution in [-0.4, -0.2) is 44.8 Å². The Kier molecular flexibility index (Phi) is 9.40.